The van der Waals surface area contributed by atoms with E-state index in [1.807, 2.05) is 0 Å². The molecule has 0 saturated carbocycles. The van der Waals surface area contributed by atoms with Gasteiger partial charge in [0.15, 0.2) is 0 Å². The summed E-state index contributed by atoms with van der Waals surface area (Å²) in [6.07, 6.45) is 7.01. The second kappa shape index (κ2) is 6.02. The summed E-state index contributed by atoms with van der Waals surface area (Å²) in [5.74, 6) is 1.87. The van der Waals surface area contributed by atoms with Crippen LogP contribution in [0.5, 0.6) is 0 Å². The fourth-order valence-corrected chi connectivity index (χ4v) is 3.18. The van der Waals surface area contributed by atoms with Crippen LogP contribution >= 0.6 is 0 Å². The SMILES string of the molecule is CC(C)C1CCN(CCC2CCCN2)CC1. The van der Waals surface area contributed by atoms with Crippen molar-refractivity contribution in [2.45, 2.75) is 52.0 Å². The molecule has 1 N–H and O–H groups in total. The number of nitrogens with one attached hydrogen (secondary N) is 1. The predicted octanol–water partition coefficient (Wildman–Crippen LogP) is 2.50. The Balaban J connectivity index is 1.61. The van der Waals surface area contributed by atoms with Crippen LogP contribution in [-0.4, -0.2) is 37.1 Å². The Morgan fingerprint density at radius 1 is 1.19 bits per heavy atom. The highest BCUT2D eigenvalue weighted by molar-refractivity contribution is 4.78. The molecule has 2 heteroatoms. The van der Waals surface area contributed by atoms with Gasteiger partial charge in [0.1, 0.15) is 0 Å². The number of likely N-dealkylation sites (tertiary alicyclic amines) is 1. The number of hydrogen-bond donors (Lipinski definition) is 1. The molecule has 2 aliphatic rings. The molecule has 94 valence electrons. The zero-order chi connectivity index (χ0) is 11.4. The van der Waals surface area contributed by atoms with Crippen LogP contribution in [0.2, 0.25) is 0 Å². The zero-order valence-corrected chi connectivity index (χ0v) is 11.0. The van der Waals surface area contributed by atoms with E-state index in [1.54, 1.807) is 0 Å². The van der Waals surface area contributed by atoms with Gasteiger partial charge < -0.3 is 10.2 Å². The van der Waals surface area contributed by atoms with Crippen LogP contribution < -0.4 is 5.32 Å². The quantitative estimate of drug-likeness (QED) is 0.789. The molecule has 0 bridgehead atoms. The molecule has 1 unspecified atom stereocenters. The van der Waals surface area contributed by atoms with E-state index in [2.05, 4.69) is 24.1 Å². The van der Waals surface area contributed by atoms with Gasteiger partial charge in [0.05, 0.1) is 0 Å². The Hall–Kier alpha value is -0.0800. The monoisotopic (exact) mass is 224 g/mol. The molecule has 2 saturated heterocycles. The average molecular weight is 224 g/mol. The van der Waals surface area contributed by atoms with Gasteiger partial charge in [0.2, 0.25) is 0 Å². The molecule has 0 aromatic rings. The van der Waals surface area contributed by atoms with Crippen molar-refractivity contribution in [1.29, 1.82) is 0 Å². The third-order valence-electron chi connectivity index (χ3n) is 4.53. The highest BCUT2D eigenvalue weighted by Gasteiger charge is 2.22. The summed E-state index contributed by atoms with van der Waals surface area (Å²) in [7, 11) is 0. The molecule has 0 spiro atoms. The first kappa shape index (κ1) is 12.4. The fourth-order valence-electron chi connectivity index (χ4n) is 3.18. The smallest absolute Gasteiger partial charge is 0.00797 e. The Kier molecular flexibility index (Phi) is 4.66. The molecular formula is C14H28N2. The fraction of sp³-hybridized carbons (Fsp3) is 1.00. The van der Waals surface area contributed by atoms with E-state index < -0.39 is 0 Å². The van der Waals surface area contributed by atoms with E-state index in [4.69, 9.17) is 0 Å². The summed E-state index contributed by atoms with van der Waals surface area (Å²) in [4.78, 5) is 2.68. The maximum absolute atomic E-state index is 3.60. The molecule has 0 aromatic carbocycles. The van der Waals surface area contributed by atoms with Crippen LogP contribution in [0.3, 0.4) is 0 Å². The largest absolute Gasteiger partial charge is 0.314 e. The molecule has 2 fully saturated rings. The average Bonchev–Trinajstić information content (AvgIpc) is 2.80. The van der Waals surface area contributed by atoms with Crippen LogP contribution in [0.1, 0.15) is 46.0 Å². The summed E-state index contributed by atoms with van der Waals surface area (Å²) in [5, 5.41) is 3.60. The van der Waals surface area contributed by atoms with Gasteiger partial charge in [-0.05, 0) is 70.1 Å². The van der Waals surface area contributed by atoms with E-state index in [0.29, 0.717) is 0 Å². The summed E-state index contributed by atoms with van der Waals surface area (Å²) < 4.78 is 0. The van der Waals surface area contributed by atoms with Gasteiger partial charge in [0.25, 0.3) is 0 Å². The summed E-state index contributed by atoms with van der Waals surface area (Å²) >= 11 is 0. The normalized spacial score (nSPS) is 29.1. The molecule has 16 heavy (non-hydrogen) atoms. The van der Waals surface area contributed by atoms with Crippen molar-refractivity contribution >= 4 is 0 Å². The van der Waals surface area contributed by atoms with Gasteiger partial charge in [-0.3, -0.25) is 0 Å². The lowest BCUT2D eigenvalue weighted by Crippen LogP contribution is -2.37. The first-order chi connectivity index (χ1) is 7.75. The lowest BCUT2D eigenvalue weighted by molar-refractivity contribution is 0.153. The van der Waals surface area contributed by atoms with Gasteiger partial charge in [-0.2, -0.15) is 0 Å². The Morgan fingerprint density at radius 2 is 1.94 bits per heavy atom. The van der Waals surface area contributed by atoms with Crippen molar-refractivity contribution in [2.24, 2.45) is 11.8 Å². The molecule has 0 amide bonds. The van der Waals surface area contributed by atoms with Crippen molar-refractivity contribution in [1.82, 2.24) is 10.2 Å². The Morgan fingerprint density at radius 3 is 2.50 bits per heavy atom. The van der Waals surface area contributed by atoms with Gasteiger partial charge >= 0.3 is 0 Å². The number of piperidine rings is 1. The van der Waals surface area contributed by atoms with Crippen molar-refractivity contribution in [2.75, 3.05) is 26.2 Å². The lowest BCUT2D eigenvalue weighted by atomic mass is 9.86. The number of nitrogens with zero attached hydrogens (tertiary/aromatic N) is 1. The maximum Gasteiger partial charge on any atom is 0.00797 e. The second-order valence-electron chi connectivity index (χ2n) is 6.01. The van der Waals surface area contributed by atoms with Gasteiger partial charge in [-0.25, -0.2) is 0 Å². The van der Waals surface area contributed by atoms with E-state index in [1.165, 1.54) is 58.3 Å². The van der Waals surface area contributed by atoms with Crippen molar-refractivity contribution in [3.63, 3.8) is 0 Å². The topological polar surface area (TPSA) is 15.3 Å². The first-order valence-corrected chi connectivity index (χ1v) is 7.21. The maximum atomic E-state index is 3.60. The van der Waals surface area contributed by atoms with Crippen LogP contribution in [0.4, 0.5) is 0 Å². The first-order valence-electron chi connectivity index (χ1n) is 7.21. The van der Waals surface area contributed by atoms with Crippen LogP contribution in [-0.2, 0) is 0 Å². The van der Waals surface area contributed by atoms with Gasteiger partial charge in [-0.1, -0.05) is 13.8 Å². The van der Waals surface area contributed by atoms with Crippen LogP contribution in [0, 0.1) is 11.8 Å². The van der Waals surface area contributed by atoms with E-state index in [0.717, 1.165) is 17.9 Å². The summed E-state index contributed by atoms with van der Waals surface area (Å²) in [6, 6.07) is 0.822. The van der Waals surface area contributed by atoms with E-state index in [9.17, 15) is 0 Å². The van der Waals surface area contributed by atoms with Crippen molar-refractivity contribution in [3.8, 4) is 0 Å². The summed E-state index contributed by atoms with van der Waals surface area (Å²) in [6.45, 7) is 10.0. The lowest BCUT2D eigenvalue weighted by Gasteiger charge is -2.34. The minimum atomic E-state index is 0.822. The Bertz CT molecular complexity index is 189. The molecule has 0 aromatic heterocycles. The molecule has 0 aliphatic carbocycles. The number of hydrogen-bond acceptors (Lipinski definition) is 2. The second-order valence-corrected chi connectivity index (χ2v) is 6.01. The van der Waals surface area contributed by atoms with Crippen LogP contribution in [0.25, 0.3) is 0 Å². The Labute approximate surface area is 101 Å². The van der Waals surface area contributed by atoms with Gasteiger partial charge in [0, 0.05) is 6.04 Å². The third kappa shape index (κ3) is 3.46. The van der Waals surface area contributed by atoms with Gasteiger partial charge in [-0.15, -0.1) is 0 Å². The van der Waals surface area contributed by atoms with Crippen molar-refractivity contribution in [3.05, 3.63) is 0 Å². The molecular weight excluding hydrogens is 196 g/mol. The molecule has 2 nitrogen and oxygen atoms in total. The predicted molar refractivity (Wildman–Crippen MR) is 69.6 cm³/mol. The third-order valence-corrected chi connectivity index (χ3v) is 4.53. The van der Waals surface area contributed by atoms with E-state index in [-0.39, 0.29) is 0 Å². The van der Waals surface area contributed by atoms with Crippen molar-refractivity contribution < 1.29 is 0 Å². The molecule has 0 radical (unpaired) electrons. The molecule has 2 rings (SSSR count). The minimum absolute atomic E-state index is 0.822. The highest BCUT2D eigenvalue weighted by Crippen LogP contribution is 2.24. The van der Waals surface area contributed by atoms with E-state index >= 15 is 0 Å². The standard InChI is InChI=1S/C14H28N2/c1-12(2)13-5-9-16(10-6-13)11-7-14-4-3-8-15-14/h12-15H,3-11H2,1-2H3. The molecule has 2 heterocycles. The number of rotatable bonds is 4. The zero-order valence-electron chi connectivity index (χ0n) is 11.0. The minimum Gasteiger partial charge on any atom is -0.314 e. The summed E-state index contributed by atoms with van der Waals surface area (Å²) in [5.41, 5.74) is 0. The van der Waals surface area contributed by atoms with Crippen LogP contribution in [0.15, 0.2) is 0 Å². The molecule has 1 atom stereocenters. The molecule has 2 aliphatic heterocycles. The highest BCUT2D eigenvalue weighted by atomic mass is 15.1.